The average Bonchev–Trinajstić information content (AvgIpc) is 2.77. The molecule has 0 atom stereocenters. The van der Waals surface area contributed by atoms with Crippen LogP contribution in [0.1, 0.15) is 26.3 Å². The molecule has 0 saturated carbocycles. The summed E-state index contributed by atoms with van der Waals surface area (Å²) in [6, 6.07) is 4.17. The van der Waals surface area contributed by atoms with Crippen molar-refractivity contribution >= 4 is 16.8 Å². The Kier molecular flexibility index (Phi) is 3.09. The van der Waals surface area contributed by atoms with Crippen LogP contribution in [0.4, 0.5) is 5.69 Å². The first-order chi connectivity index (χ1) is 9.45. The van der Waals surface area contributed by atoms with Crippen LogP contribution in [0.3, 0.4) is 0 Å². The highest BCUT2D eigenvalue weighted by atomic mass is 16.4. The van der Waals surface area contributed by atoms with Gasteiger partial charge in [-0.05, 0) is 17.5 Å². The Morgan fingerprint density at radius 2 is 1.90 bits per heavy atom. The molecule has 2 heterocycles. The maximum atomic E-state index is 11.5. The van der Waals surface area contributed by atoms with Gasteiger partial charge in [-0.15, -0.1) is 0 Å². The van der Waals surface area contributed by atoms with Gasteiger partial charge in [0.1, 0.15) is 0 Å². The fraction of sp³-hybridized carbons (Fsp3) is 0.533. The molecule has 2 N–H and O–H groups in total. The van der Waals surface area contributed by atoms with Crippen molar-refractivity contribution < 1.29 is 4.42 Å². The molecular formula is C15H21N3O2. The Morgan fingerprint density at radius 3 is 2.55 bits per heavy atom. The Labute approximate surface area is 118 Å². The molecule has 108 valence electrons. The number of piperazine rings is 1. The number of benzene rings is 1. The number of hydrogen-bond donors (Lipinski definition) is 2. The SMILES string of the molecule is CC(C)(C)c1cc(N2CCNCC2)cc2[nH]c(=O)oc12. The van der Waals surface area contributed by atoms with Gasteiger partial charge in [0.25, 0.3) is 0 Å². The van der Waals surface area contributed by atoms with Gasteiger partial charge in [-0.25, -0.2) is 4.79 Å². The molecule has 20 heavy (non-hydrogen) atoms. The lowest BCUT2D eigenvalue weighted by Gasteiger charge is -2.31. The number of oxazole rings is 1. The number of nitrogens with zero attached hydrogens (tertiary/aromatic N) is 1. The first kappa shape index (κ1) is 13.2. The second-order valence-electron chi connectivity index (χ2n) is 6.37. The van der Waals surface area contributed by atoms with Crippen molar-refractivity contribution in [1.82, 2.24) is 10.3 Å². The molecule has 0 bridgehead atoms. The predicted molar refractivity (Wildman–Crippen MR) is 80.6 cm³/mol. The molecule has 0 radical (unpaired) electrons. The van der Waals surface area contributed by atoms with Gasteiger partial charge >= 0.3 is 5.76 Å². The minimum Gasteiger partial charge on any atom is -0.408 e. The highest BCUT2D eigenvalue weighted by molar-refractivity contribution is 5.82. The third kappa shape index (κ3) is 2.33. The maximum absolute atomic E-state index is 11.5. The lowest BCUT2D eigenvalue weighted by atomic mass is 9.86. The van der Waals surface area contributed by atoms with Crippen LogP contribution in [0.2, 0.25) is 0 Å². The number of rotatable bonds is 1. The molecule has 0 spiro atoms. The molecule has 3 rings (SSSR count). The highest BCUT2D eigenvalue weighted by Gasteiger charge is 2.23. The first-order valence-corrected chi connectivity index (χ1v) is 7.08. The maximum Gasteiger partial charge on any atom is 0.417 e. The van der Waals surface area contributed by atoms with E-state index < -0.39 is 0 Å². The van der Waals surface area contributed by atoms with Gasteiger partial charge in [0.05, 0.1) is 5.52 Å². The Bertz CT molecular complexity index is 672. The molecular weight excluding hydrogens is 254 g/mol. The van der Waals surface area contributed by atoms with E-state index in [0.29, 0.717) is 5.58 Å². The van der Waals surface area contributed by atoms with Crippen LogP contribution in [0.15, 0.2) is 21.3 Å². The fourth-order valence-electron chi connectivity index (χ4n) is 2.71. The summed E-state index contributed by atoms with van der Waals surface area (Å²) in [6.45, 7) is 10.4. The van der Waals surface area contributed by atoms with Gasteiger partial charge in [-0.1, -0.05) is 20.8 Å². The minimum atomic E-state index is -0.386. The lowest BCUT2D eigenvalue weighted by molar-refractivity contribution is 0.528. The van der Waals surface area contributed by atoms with Crippen LogP contribution < -0.4 is 16.0 Å². The van der Waals surface area contributed by atoms with E-state index in [2.05, 4.69) is 42.0 Å². The fourth-order valence-corrected chi connectivity index (χ4v) is 2.71. The summed E-state index contributed by atoms with van der Waals surface area (Å²) in [6.07, 6.45) is 0. The lowest BCUT2D eigenvalue weighted by Crippen LogP contribution is -2.43. The van der Waals surface area contributed by atoms with Gasteiger partial charge in [0.15, 0.2) is 5.58 Å². The third-order valence-corrected chi connectivity index (χ3v) is 3.80. The van der Waals surface area contributed by atoms with E-state index in [0.717, 1.165) is 42.9 Å². The number of H-pyrrole nitrogens is 1. The summed E-state index contributed by atoms with van der Waals surface area (Å²) in [5, 5.41) is 3.35. The molecule has 1 aliphatic heterocycles. The molecule has 2 aromatic rings. The van der Waals surface area contributed by atoms with Crippen molar-refractivity contribution in [2.75, 3.05) is 31.1 Å². The number of aromatic nitrogens is 1. The molecule has 0 unspecified atom stereocenters. The Morgan fingerprint density at radius 1 is 1.20 bits per heavy atom. The second-order valence-corrected chi connectivity index (χ2v) is 6.37. The summed E-state index contributed by atoms with van der Waals surface area (Å²) >= 11 is 0. The molecule has 5 nitrogen and oxygen atoms in total. The zero-order chi connectivity index (χ0) is 14.3. The Balaban J connectivity index is 2.16. The van der Waals surface area contributed by atoms with E-state index in [1.54, 1.807) is 0 Å². The average molecular weight is 275 g/mol. The first-order valence-electron chi connectivity index (χ1n) is 7.08. The highest BCUT2D eigenvalue weighted by Crippen LogP contribution is 2.33. The van der Waals surface area contributed by atoms with Crippen LogP contribution in [-0.2, 0) is 5.41 Å². The van der Waals surface area contributed by atoms with Gasteiger partial charge in [-0.2, -0.15) is 0 Å². The van der Waals surface area contributed by atoms with Crippen molar-refractivity contribution in [3.05, 3.63) is 28.2 Å². The summed E-state index contributed by atoms with van der Waals surface area (Å²) in [5.74, 6) is -0.386. The number of fused-ring (bicyclic) bond motifs is 1. The molecule has 1 aromatic heterocycles. The second kappa shape index (κ2) is 4.66. The van der Waals surface area contributed by atoms with E-state index in [1.807, 2.05) is 6.07 Å². The Hall–Kier alpha value is -1.75. The van der Waals surface area contributed by atoms with E-state index in [4.69, 9.17) is 4.42 Å². The van der Waals surface area contributed by atoms with Gasteiger partial charge in [0, 0.05) is 37.4 Å². The van der Waals surface area contributed by atoms with E-state index in [1.165, 1.54) is 0 Å². The summed E-state index contributed by atoms with van der Waals surface area (Å²) < 4.78 is 5.33. The third-order valence-electron chi connectivity index (χ3n) is 3.80. The van der Waals surface area contributed by atoms with Crippen LogP contribution in [0.5, 0.6) is 0 Å². The zero-order valence-electron chi connectivity index (χ0n) is 12.2. The van der Waals surface area contributed by atoms with Crippen LogP contribution in [0.25, 0.3) is 11.1 Å². The number of aromatic amines is 1. The molecule has 0 amide bonds. The molecule has 5 heteroatoms. The van der Waals surface area contributed by atoms with E-state index in [9.17, 15) is 4.79 Å². The summed E-state index contributed by atoms with van der Waals surface area (Å²) in [7, 11) is 0. The molecule has 1 saturated heterocycles. The van der Waals surface area contributed by atoms with Crippen LogP contribution in [0, 0.1) is 0 Å². The minimum absolute atomic E-state index is 0.0690. The number of hydrogen-bond acceptors (Lipinski definition) is 4. The standard InChI is InChI=1S/C15H21N3O2/c1-15(2,3)11-8-10(18-6-4-16-5-7-18)9-12-13(11)20-14(19)17-12/h8-9,16H,4-7H2,1-3H3,(H,17,19). The topological polar surface area (TPSA) is 61.3 Å². The summed E-state index contributed by atoms with van der Waals surface area (Å²) in [4.78, 5) is 16.6. The van der Waals surface area contributed by atoms with Gasteiger partial charge < -0.3 is 14.6 Å². The zero-order valence-corrected chi connectivity index (χ0v) is 12.2. The van der Waals surface area contributed by atoms with Gasteiger partial charge in [0.2, 0.25) is 0 Å². The quantitative estimate of drug-likeness (QED) is 0.833. The smallest absolute Gasteiger partial charge is 0.408 e. The largest absolute Gasteiger partial charge is 0.417 e. The monoisotopic (exact) mass is 275 g/mol. The van der Waals surface area contributed by atoms with Crippen molar-refractivity contribution in [2.24, 2.45) is 0 Å². The van der Waals surface area contributed by atoms with Crippen molar-refractivity contribution in [1.29, 1.82) is 0 Å². The molecule has 1 aromatic carbocycles. The van der Waals surface area contributed by atoms with Crippen molar-refractivity contribution in [3.63, 3.8) is 0 Å². The van der Waals surface area contributed by atoms with Crippen LogP contribution >= 0.6 is 0 Å². The van der Waals surface area contributed by atoms with Crippen LogP contribution in [-0.4, -0.2) is 31.2 Å². The summed E-state index contributed by atoms with van der Waals surface area (Å²) in [5.41, 5.74) is 3.63. The number of anilines is 1. The van der Waals surface area contributed by atoms with Crippen molar-refractivity contribution in [3.8, 4) is 0 Å². The molecule has 1 aliphatic rings. The molecule has 1 fully saturated rings. The number of nitrogens with one attached hydrogen (secondary N) is 2. The predicted octanol–water partition coefficient (Wildman–Crippen LogP) is 1.83. The van der Waals surface area contributed by atoms with Gasteiger partial charge in [-0.3, -0.25) is 4.98 Å². The van der Waals surface area contributed by atoms with E-state index >= 15 is 0 Å². The normalized spacial score (nSPS) is 16.9. The molecule has 0 aliphatic carbocycles. The van der Waals surface area contributed by atoms with Crippen molar-refractivity contribution in [2.45, 2.75) is 26.2 Å². The van der Waals surface area contributed by atoms with E-state index in [-0.39, 0.29) is 11.2 Å².